The summed E-state index contributed by atoms with van der Waals surface area (Å²) in [4.78, 5) is 116. The predicted molar refractivity (Wildman–Crippen MR) is 407 cm³/mol. The molecule has 0 aliphatic rings. The van der Waals surface area contributed by atoms with E-state index in [0.717, 1.165) is 69.7 Å². The van der Waals surface area contributed by atoms with Crippen LogP contribution in [0.2, 0.25) is 5.15 Å². The largest absolute Gasteiger partial charge is 1.00 e. The third kappa shape index (κ3) is 32.9. The Bertz CT molecular complexity index is 4140. The number of nitriles is 1. The van der Waals surface area contributed by atoms with E-state index >= 15 is 0 Å². The molecule has 9 aromatic rings. The molecule has 0 aliphatic carbocycles. The number of thioether (sulfide) groups is 1. The average molecular weight is 1570 g/mol. The van der Waals surface area contributed by atoms with Crippen molar-refractivity contribution in [1.82, 2.24) is 24.9 Å². The molecule has 0 aliphatic heterocycles. The monoisotopic (exact) mass is 1570 g/mol. The second kappa shape index (κ2) is 44.8. The number of rotatable bonds is 10. The normalized spacial score (nSPS) is 10.2. The number of carboxylic acid groups (broad SMARTS) is 1. The number of carbonyl (C=O) groups is 8. The number of carboxylic acids is 1. The van der Waals surface area contributed by atoms with Gasteiger partial charge in [-0.2, -0.15) is 5.26 Å². The van der Waals surface area contributed by atoms with E-state index in [4.69, 9.17) is 41.9 Å². The number of aromatic nitrogens is 5. The number of esters is 3. The minimum atomic E-state index is -0.901. The summed E-state index contributed by atoms with van der Waals surface area (Å²) in [7, 11) is 9.30. The molecule has 0 aromatic carbocycles. The van der Waals surface area contributed by atoms with Gasteiger partial charge in [-0.25, -0.2) is 44.1 Å². The Labute approximate surface area is 655 Å². The first-order valence-electron chi connectivity index (χ1n) is 28.3. The number of ether oxygens (including phenoxy) is 3. The van der Waals surface area contributed by atoms with Crippen LogP contribution in [0.5, 0.6) is 0 Å². The number of ketones is 2. The van der Waals surface area contributed by atoms with E-state index < -0.39 is 28.7 Å². The molecule has 0 bridgehead atoms. The molecule has 9 heterocycles. The fraction of sp³-hybridized carbons (Fsp3) is 0.358. The first kappa shape index (κ1) is 93.9. The van der Waals surface area contributed by atoms with Crippen LogP contribution < -0.4 is 72.2 Å². The quantitative estimate of drug-likeness (QED) is 0.0218. The van der Waals surface area contributed by atoms with Crippen molar-refractivity contribution in [1.29, 1.82) is 5.26 Å². The van der Waals surface area contributed by atoms with Gasteiger partial charge < -0.3 is 65.0 Å². The van der Waals surface area contributed by atoms with Gasteiger partial charge in [0.25, 0.3) is 0 Å². The molecule has 31 heteroatoms. The number of anilines is 4. The van der Waals surface area contributed by atoms with Crippen LogP contribution in [0.25, 0.3) is 40.9 Å². The van der Waals surface area contributed by atoms with E-state index in [2.05, 4.69) is 58.8 Å². The first-order valence-corrected chi connectivity index (χ1v) is 34.4. The number of nitrogens with two attached hydrogens (primary N) is 1. The molecule has 0 fully saturated rings. The number of nitrogens with one attached hydrogen (secondary N) is 1. The fourth-order valence-electron chi connectivity index (χ4n) is 7.08. The van der Waals surface area contributed by atoms with Crippen molar-refractivity contribution in [3.8, 4) is 6.07 Å². The summed E-state index contributed by atoms with van der Waals surface area (Å²) in [5.41, 5.74) is 7.68. The number of pyridine rings is 5. The van der Waals surface area contributed by atoms with Gasteiger partial charge in [0.15, 0.2) is 5.12 Å². The van der Waals surface area contributed by atoms with Gasteiger partial charge in [0.1, 0.15) is 78.4 Å². The van der Waals surface area contributed by atoms with Crippen LogP contribution in [0.3, 0.4) is 0 Å². The van der Waals surface area contributed by atoms with Crippen molar-refractivity contribution in [3.63, 3.8) is 0 Å². The average Bonchev–Trinajstić information content (AvgIpc) is 1.67. The second-order valence-corrected chi connectivity index (χ2v) is 29.4. The van der Waals surface area contributed by atoms with E-state index in [0.29, 0.717) is 41.8 Å². The van der Waals surface area contributed by atoms with Crippen molar-refractivity contribution in [2.45, 2.75) is 114 Å². The molecule has 9 rings (SSSR count). The van der Waals surface area contributed by atoms with Gasteiger partial charge in [-0.1, -0.05) is 46.7 Å². The van der Waals surface area contributed by atoms with Crippen LogP contribution in [0.1, 0.15) is 142 Å². The molecule has 22 nitrogen and oxygen atoms in total. The van der Waals surface area contributed by atoms with Gasteiger partial charge >= 0.3 is 75.3 Å². The molecule has 0 atom stereocenters. The van der Waals surface area contributed by atoms with E-state index in [-0.39, 0.29) is 105 Å². The van der Waals surface area contributed by atoms with Crippen LogP contribution >= 0.6 is 84.6 Å². The molecule has 0 spiro atoms. The Morgan fingerprint density at radius 1 is 0.612 bits per heavy atom. The van der Waals surface area contributed by atoms with Gasteiger partial charge in [0.05, 0.1) is 39.4 Å². The third-order valence-corrected chi connectivity index (χ3v) is 16.9. The van der Waals surface area contributed by atoms with Crippen LogP contribution in [0.15, 0.2) is 91.6 Å². The van der Waals surface area contributed by atoms with Crippen LogP contribution in [0, 0.1) is 18.8 Å². The van der Waals surface area contributed by atoms with Crippen LogP contribution in [-0.2, 0) is 46.0 Å². The number of alkyl halides is 1. The maximum Gasteiger partial charge on any atom is 1.00 e. The number of thiophene rings is 4. The van der Waals surface area contributed by atoms with E-state index in [1.54, 1.807) is 56.2 Å². The van der Waals surface area contributed by atoms with Crippen molar-refractivity contribution in [2.24, 2.45) is 0 Å². The SMILES string of the molecule is C.CC(=O)CBr.CC(=O)CSC(C)=O.CC(=O)[S-].CC(C)(C)OC(=O)c1sc2ncccc2c1N.CN(C)c1c(C(=O)O)sc2ncccc12.CN(C)c1c(C(=O)OC(C)(C)C)sc2ncccc12.CNc1c(C(=O)OC(C)(C)C)sc2ncccc12.N#Cc1cccnc1Cl.[CH3-].[K+]. The zero-order chi connectivity index (χ0) is 72.3. The number of fused-ring (bicyclic) bond motifs is 4. The second-order valence-electron chi connectivity index (χ2n) is 22.7. The standard InChI is InChI=1S/C14H18N2O2S.C13H16N2O2S.C12H14N2O2S.C10H10N2O2S.C6H3ClN2.C5H8O2S.C3H5BrO.C2H4OS.CH4.CH3.K/c1-14(2,3)18-13(17)11-10(16(4)5)9-7-6-8-15-12(9)19-11;1-13(2,3)17-12(16)10-9(14-4)8-6-5-7-15-11(8)18-10;1-12(2,3)16-11(15)9-8(13)7-5-4-6-14-10(7)17-9;1-12(2)7-6-4-3-5-11-9(6)15-8(7)10(13)14;7-6-5(4-8)2-1-3-9-6;1-4(6)3-8-5(2)7;1-3(5)2-4;1-2(3)4;;;/h6-8H,1-5H3;5-7,14H,1-4H3;4-6H,13H2,1-3H3;3-5H,1-2H3,(H,13,14);1-3H;3H2,1-2H3;2H2,1H3;1H3,(H,3,4);1H4;1H3;/q;;;;;;;;;-1;+1/p-1. The number of carbonyl (C=O) groups excluding carboxylic acids is 7. The summed E-state index contributed by atoms with van der Waals surface area (Å²) >= 11 is 18.7. The molecule has 98 heavy (non-hydrogen) atoms. The Morgan fingerprint density at radius 3 is 1.27 bits per heavy atom. The Morgan fingerprint density at radius 2 is 0.939 bits per heavy atom. The van der Waals surface area contributed by atoms with E-state index in [9.17, 15) is 38.4 Å². The van der Waals surface area contributed by atoms with Gasteiger partial charge in [0.2, 0.25) is 0 Å². The molecular formula is C67H84BrClKN10O12S6-. The van der Waals surface area contributed by atoms with Gasteiger partial charge in [-0.05, 0) is 144 Å². The maximum absolute atomic E-state index is 12.3. The summed E-state index contributed by atoms with van der Waals surface area (Å²) in [6.07, 6.45) is 8.35. The Kier molecular flexibility index (Phi) is 43.0. The summed E-state index contributed by atoms with van der Waals surface area (Å²) < 4.78 is 16.2. The van der Waals surface area contributed by atoms with Crippen molar-refractivity contribution >= 4 is 207 Å². The third-order valence-electron chi connectivity index (χ3n) is 10.5. The van der Waals surface area contributed by atoms with Crippen LogP contribution in [0.4, 0.5) is 22.7 Å². The fourth-order valence-corrected chi connectivity index (χ4v) is 11.8. The number of nitrogens with zero attached hydrogens (tertiary/aromatic N) is 8. The van der Waals surface area contributed by atoms with Gasteiger partial charge in [-0.15, -0.1) is 45.3 Å². The molecule has 0 radical (unpaired) electrons. The molecule has 4 N–H and O–H groups in total. The van der Waals surface area contributed by atoms with E-state index in [1.165, 1.54) is 73.0 Å². The van der Waals surface area contributed by atoms with Crippen molar-refractivity contribution in [3.05, 3.63) is 129 Å². The molecule has 9 aromatic heterocycles. The number of nitrogen functional groups attached to an aromatic ring is 1. The number of hydrogen-bond acceptors (Lipinski definition) is 27. The van der Waals surface area contributed by atoms with Gasteiger partial charge in [0, 0.05) is 99.8 Å². The molecule has 0 saturated heterocycles. The van der Waals surface area contributed by atoms with Gasteiger partial charge in [-0.3, -0.25) is 14.4 Å². The zero-order valence-electron chi connectivity index (χ0n) is 57.9. The Hall–Kier alpha value is -6.18. The first-order chi connectivity index (χ1) is 44.2. The number of hydrogen-bond donors (Lipinski definition) is 3. The van der Waals surface area contributed by atoms with Crippen LogP contribution in [-0.4, -0.2) is 139 Å². The topological polar surface area (TPSA) is 317 Å². The number of aromatic carboxylic acids is 1. The smallest absolute Gasteiger partial charge is 0.742 e. The summed E-state index contributed by atoms with van der Waals surface area (Å²) in [6, 6.07) is 20.2. The molecular weight excluding hydrogens is 1480 g/mol. The summed E-state index contributed by atoms with van der Waals surface area (Å²) in [5.74, 6) is -1.36. The molecule has 0 saturated carbocycles. The predicted octanol–water partition coefficient (Wildman–Crippen LogP) is 13.1. The maximum atomic E-state index is 12.3. The summed E-state index contributed by atoms with van der Waals surface area (Å²) in [5, 5.41) is 24.6. The van der Waals surface area contributed by atoms with Crippen molar-refractivity contribution < 1.29 is 109 Å². The Balaban J connectivity index is 0. The number of halogens is 2. The van der Waals surface area contributed by atoms with E-state index in [1.807, 2.05) is 149 Å². The molecule has 0 amide bonds. The number of Topliss-reactive ketones (excluding diaryl/α,β-unsaturated/α-hetero) is 2. The zero-order valence-corrected chi connectivity index (χ0v) is 68.2. The van der Waals surface area contributed by atoms with Crippen molar-refractivity contribution in [2.75, 3.05) is 67.2 Å². The molecule has 0 unspecified atom stereocenters. The minimum absolute atomic E-state index is 0. The summed E-state index contributed by atoms with van der Waals surface area (Å²) in [6.45, 7) is 22.4. The minimum Gasteiger partial charge on any atom is -0.742 e. The molecule has 526 valence electrons.